The molecule has 0 saturated carbocycles. The Hall–Kier alpha value is -2.96. The van der Waals surface area contributed by atoms with Gasteiger partial charge in [0.05, 0.1) is 19.9 Å². The van der Waals surface area contributed by atoms with E-state index in [1.165, 1.54) is 31.6 Å². The first-order valence-electron chi connectivity index (χ1n) is 6.43. The maximum Gasteiger partial charge on any atom is 0.339 e. The molecule has 0 saturated heterocycles. The number of carboxylic acid groups (broad SMARTS) is 1. The van der Waals surface area contributed by atoms with Crippen molar-refractivity contribution in [2.75, 3.05) is 13.7 Å². The molecule has 0 fully saturated rings. The van der Waals surface area contributed by atoms with Gasteiger partial charge in [-0.3, -0.25) is 4.79 Å². The zero-order valence-corrected chi connectivity index (χ0v) is 11.9. The quantitative estimate of drug-likeness (QED) is 0.807. The fourth-order valence-corrected chi connectivity index (χ4v) is 1.72. The smallest absolute Gasteiger partial charge is 0.339 e. The van der Waals surface area contributed by atoms with Gasteiger partial charge in [0.15, 0.2) is 6.61 Å². The van der Waals surface area contributed by atoms with Crippen molar-refractivity contribution in [1.82, 2.24) is 5.32 Å². The van der Waals surface area contributed by atoms with Crippen LogP contribution in [0.15, 0.2) is 41.0 Å². The van der Waals surface area contributed by atoms with Gasteiger partial charge in [0.2, 0.25) is 0 Å². The predicted octanol–water partition coefficient (Wildman–Crippen LogP) is 1.68. The highest BCUT2D eigenvalue weighted by molar-refractivity contribution is 5.91. The second kappa shape index (κ2) is 7.16. The van der Waals surface area contributed by atoms with Crippen LogP contribution in [0.3, 0.4) is 0 Å². The molecule has 1 aromatic carbocycles. The Bertz CT molecular complexity index is 650. The third-order valence-electron chi connectivity index (χ3n) is 2.82. The molecule has 0 spiro atoms. The summed E-state index contributed by atoms with van der Waals surface area (Å²) in [6.07, 6.45) is 1.51. The van der Waals surface area contributed by atoms with Gasteiger partial charge < -0.3 is 24.3 Å². The molecule has 7 heteroatoms. The van der Waals surface area contributed by atoms with Gasteiger partial charge >= 0.3 is 5.97 Å². The lowest BCUT2D eigenvalue weighted by molar-refractivity contribution is -0.123. The number of aromatic carboxylic acids is 1. The molecule has 116 valence electrons. The fourth-order valence-electron chi connectivity index (χ4n) is 1.72. The predicted molar refractivity (Wildman–Crippen MR) is 76.0 cm³/mol. The van der Waals surface area contributed by atoms with Crippen LogP contribution in [-0.4, -0.2) is 30.7 Å². The van der Waals surface area contributed by atoms with Crippen molar-refractivity contribution in [2.24, 2.45) is 0 Å². The van der Waals surface area contributed by atoms with Crippen LogP contribution in [0.2, 0.25) is 0 Å². The van der Waals surface area contributed by atoms with E-state index in [9.17, 15) is 9.59 Å². The van der Waals surface area contributed by atoms with E-state index in [-0.39, 0.29) is 24.5 Å². The monoisotopic (exact) mass is 305 g/mol. The van der Waals surface area contributed by atoms with E-state index in [2.05, 4.69) is 5.32 Å². The molecular weight excluding hydrogens is 290 g/mol. The molecule has 0 aliphatic heterocycles. The Morgan fingerprint density at radius 1 is 1.32 bits per heavy atom. The number of nitrogens with one attached hydrogen (secondary N) is 1. The lowest BCUT2D eigenvalue weighted by atomic mass is 10.2. The second-order valence-electron chi connectivity index (χ2n) is 4.31. The van der Waals surface area contributed by atoms with E-state index in [0.29, 0.717) is 11.5 Å². The van der Waals surface area contributed by atoms with Gasteiger partial charge in [-0.2, -0.15) is 0 Å². The third kappa shape index (κ3) is 4.02. The Morgan fingerprint density at radius 3 is 2.77 bits per heavy atom. The van der Waals surface area contributed by atoms with Gasteiger partial charge in [0, 0.05) is 6.07 Å². The zero-order chi connectivity index (χ0) is 15.9. The molecule has 0 atom stereocenters. The maximum absolute atomic E-state index is 11.7. The molecule has 0 radical (unpaired) electrons. The van der Waals surface area contributed by atoms with Crippen LogP contribution >= 0.6 is 0 Å². The van der Waals surface area contributed by atoms with E-state index < -0.39 is 11.9 Å². The Labute approximate surface area is 126 Å². The molecule has 0 bridgehead atoms. The van der Waals surface area contributed by atoms with Crippen molar-refractivity contribution in [2.45, 2.75) is 6.54 Å². The van der Waals surface area contributed by atoms with E-state index in [0.717, 1.165) is 0 Å². The molecule has 1 heterocycles. The molecule has 2 aromatic rings. The van der Waals surface area contributed by atoms with E-state index in [4.69, 9.17) is 19.0 Å². The van der Waals surface area contributed by atoms with Crippen LogP contribution in [0.25, 0.3) is 0 Å². The summed E-state index contributed by atoms with van der Waals surface area (Å²) in [6.45, 7) is -0.0761. The SMILES string of the molecule is COc1ccc(C(=O)O)c(OCC(=O)NCc2ccco2)c1. The number of benzene rings is 1. The van der Waals surface area contributed by atoms with Gasteiger partial charge in [-0.25, -0.2) is 4.79 Å². The van der Waals surface area contributed by atoms with Crippen molar-refractivity contribution >= 4 is 11.9 Å². The zero-order valence-electron chi connectivity index (χ0n) is 11.9. The van der Waals surface area contributed by atoms with Gasteiger partial charge in [-0.15, -0.1) is 0 Å². The highest BCUT2D eigenvalue weighted by Crippen LogP contribution is 2.24. The van der Waals surface area contributed by atoms with Crippen molar-refractivity contribution < 1.29 is 28.6 Å². The average molecular weight is 305 g/mol. The van der Waals surface area contributed by atoms with Crippen LogP contribution in [0.5, 0.6) is 11.5 Å². The van der Waals surface area contributed by atoms with Crippen LogP contribution in [0.4, 0.5) is 0 Å². The summed E-state index contributed by atoms with van der Waals surface area (Å²) >= 11 is 0. The average Bonchev–Trinajstić information content (AvgIpc) is 3.03. The number of carboxylic acids is 1. The Morgan fingerprint density at radius 2 is 2.14 bits per heavy atom. The number of furan rings is 1. The number of hydrogen-bond acceptors (Lipinski definition) is 5. The lowest BCUT2D eigenvalue weighted by Gasteiger charge is -2.10. The normalized spacial score (nSPS) is 10.0. The summed E-state index contributed by atoms with van der Waals surface area (Å²) in [4.78, 5) is 22.8. The summed E-state index contributed by atoms with van der Waals surface area (Å²) in [5.74, 6) is -0.416. The number of methoxy groups -OCH3 is 1. The summed E-state index contributed by atoms with van der Waals surface area (Å²) < 4.78 is 15.4. The van der Waals surface area contributed by atoms with Crippen molar-refractivity contribution in [1.29, 1.82) is 0 Å². The molecule has 7 nitrogen and oxygen atoms in total. The first-order valence-corrected chi connectivity index (χ1v) is 6.43. The lowest BCUT2D eigenvalue weighted by Crippen LogP contribution is -2.28. The minimum absolute atomic E-state index is 0.0420. The van der Waals surface area contributed by atoms with Crippen molar-refractivity contribution in [3.8, 4) is 11.5 Å². The van der Waals surface area contributed by atoms with E-state index >= 15 is 0 Å². The largest absolute Gasteiger partial charge is 0.497 e. The van der Waals surface area contributed by atoms with E-state index in [1.807, 2.05) is 0 Å². The molecular formula is C15H15NO6. The number of rotatable bonds is 7. The topological polar surface area (TPSA) is 98.0 Å². The van der Waals surface area contributed by atoms with Gasteiger partial charge in [0.25, 0.3) is 5.91 Å². The Kier molecular flexibility index (Phi) is 5.02. The molecule has 1 aromatic heterocycles. The van der Waals surface area contributed by atoms with Crippen LogP contribution in [0, 0.1) is 0 Å². The van der Waals surface area contributed by atoms with Crippen LogP contribution in [0.1, 0.15) is 16.1 Å². The minimum Gasteiger partial charge on any atom is -0.497 e. The number of hydrogen-bond donors (Lipinski definition) is 2. The van der Waals surface area contributed by atoms with Gasteiger partial charge in [-0.05, 0) is 24.3 Å². The number of amides is 1. The molecule has 0 aliphatic rings. The van der Waals surface area contributed by atoms with E-state index in [1.54, 1.807) is 12.1 Å². The summed E-state index contributed by atoms with van der Waals surface area (Å²) in [5, 5.41) is 11.7. The Balaban J connectivity index is 1.94. The highest BCUT2D eigenvalue weighted by atomic mass is 16.5. The highest BCUT2D eigenvalue weighted by Gasteiger charge is 2.14. The maximum atomic E-state index is 11.7. The first-order chi connectivity index (χ1) is 10.6. The molecule has 0 aliphatic carbocycles. The molecule has 0 unspecified atom stereocenters. The van der Waals surface area contributed by atoms with Gasteiger partial charge in [0.1, 0.15) is 22.8 Å². The number of ether oxygens (including phenoxy) is 2. The van der Waals surface area contributed by atoms with Gasteiger partial charge in [-0.1, -0.05) is 0 Å². The number of carbonyl (C=O) groups excluding carboxylic acids is 1. The first kappa shape index (κ1) is 15.4. The molecule has 1 amide bonds. The summed E-state index contributed by atoms with van der Waals surface area (Å²) in [7, 11) is 1.45. The van der Waals surface area contributed by atoms with Crippen LogP contribution in [-0.2, 0) is 11.3 Å². The fraction of sp³-hybridized carbons (Fsp3) is 0.200. The standard InChI is InChI=1S/C15H15NO6/c1-20-10-4-5-12(15(18)19)13(7-10)22-9-14(17)16-8-11-3-2-6-21-11/h2-7H,8-9H2,1H3,(H,16,17)(H,18,19). The molecule has 22 heavy (non-hydrogen) atoms. The third-order valence-corrected chi connectivity index (χ3v) is 2.82. The summed E-state index contributed by atoms with van der Waals surface area (Å²) in [6, 6.07) is 7.73. The minimum atomic E-state index is -1.14. The van der Waals surface area contributed by atoms with Crippen molar-refractivity contribution in [3.05, 3.63) is 47.9 Å². The molecule has 2 N–H and O–H groups in total. The van der Waals surface area contributed by atoms with Crippen molar-refractivity contribution in [3.63, 3.8) is 0 Å². The van der Waals surface area contributed by atoms with Crippen LogP contribution < -0.4 is 14.8 Å². The molecule has 2 rings (SSSR count). The number of carbonyl (C=O) groups is 2. The second-order valence-corrected chi connectivity index (χ2v) is 4.31. The summed E-state index contributed by atoms with van der Waals surface area (Å²) in [5.41, 5.74) is -0.0420.